The first-order chi connectivity index (χ1) is 33.7. The third kappa shape index (κ3) is 55.3. The zero-order valence-electron chi connectivity index (χ0n) is 46.1. The van der Waals surface area contributed by atoms with Crippen LogP contribution in [0.4, 0.5) is 0 Å². The van der Waals surface area contributed by atoms with Crippen LogP contribution in [0.2, 0.25) is 0 Å². The van der Waals surface area contributed by atoms with Crippen molar-refractivity contribution in [3.8, 4) is 0 Å². The number of hydrogen-bond donors (Lipinski definition) is 3. The standard InChI is InChI=1S/C64H121NO3/c1-3-5-7-9-11-13-15-17-19-21-22-23-24-25-26-27-28-29-30-31-32-33-34-35-36-37-38-39-40-41-42-44-46-48-50-52-54-56-58-60-64(68)65-62(61-66)63(67)59-57-55-53-51-49-47-45-43-20-18-16-14-12-10-8-6-4-2/h5,7,11,13,17,19,22-23,62-63,66-67H,3-4,6,8-10,12,14-16,18,20-21,24-61H2,1-2H3,(H,65,68)/b7-5-,13-11-,19-17-,23-22-. The number of carbonyl (C=O) groups is 1. The summed E-state index contributed by atoms with van der Waals surface area (Å²) in [6, 6.07) is -0.534. The third-order valence-corrected chi connectivity index (χ3v) is 14.4. The van der Waals surface area contributed by atoms with E-state index in [4.69, 9.17) is 0 Å². The molecule has 0 heterocycles. The van der Waals surface area contributed by atoms with Crippen LogP contribution in [-0.4, -0.2) is 34.9 Å². The van der Waals surface area contributed by atoms with Gasteiger partial charge in [0.1, 0.15) is 0 Å². The third-order valence-electron chi connectivity index (χ3n) is 14.4. The fraction of sp³-hybridized carbons (Fsp3) is 0.859. The predicted octanol–water partition coefficient (Wildman–Crippen LogP) is 20.6. The van der Waals surface area contributed by atoms with Crippen LogP contribution in [0.1, 0.15) is 335 Å². The first-order valence-corrected chi connectivity index (χ1v) is 30.8. The molecule has 0 bridgehead atoms. The van der Waals surface area contributed by atoms with Crippen LogP contribution in [0.5, 0.6) is 0 Å². The van der Waals surface area contributed by atoms with Crippen molar-refractivity contribution in [1.82, 2.24) is 5.32 Å². The molecule has 2 atom stereocenters. The Labute approximate surface area is 426 Å². The molecule has 0 saturated carbocycles. The maximum atomic E-state index is 12.5. The van der Waals surface area contributed by atoms with Crippen LogP contribution in [0.15, 0.2) is 48.6 Å². The number of aliphatic hydroxyl groups is 2. The quantitative estimate of drug-likeness (QED) is 0.0420. The molecule has 0 aromatic rings. The van der Waals surface area contributed by atoms with Gasteiger partial charge in [-0.05, 0) is 51.4 Å². The van der Waals surface area contributed by atoms with Gasteiger partial charge in [-0.2, -0.15) is 0 Å². The molecule has 0 aliphatic rings. The van der Waals surface area contributed by atoms with Gasteiger partial charge in [0, 0.05) is 6.42 Å². The maximum absolute atomic E-state index is 12.5. The van der Waals surface area contributed by atoms with Crippen molar-refractivity contribution in [3.63, 3.8) is 0 Å². The Kier molecular flexibility index (Phi) is 58.2. The van der Waals surface area contributed by atoms with Gasteiger partial charge in [0.2, 0.25) is 5.91 Å². The molecule has 4 nitrogen and oxygen atoms in total. The lowest BCUT2D eigenvalue weighted by Gasteiger charge is -2.22. The van der Waals surface area contributed by atoms with Gasteiger partial charge in [0.25, 0.3) is 0 Å². The fourth-order valence-corrected chi connectivity index (χ4v) is 9.71. The first kappa shape index (κ1) is 66.3. The average Bonchev–Trinajstić information content (AvgIpc) is 3.34. The molecule has 68 heavy (non-hydrogen) atoms. The number of allylic oxidation sites excluding steroid dienone is 8. The summed E-state index contributed by atoms with van der Waals surface area (Å²) in [5.74, 6) is -0.0246. The predicted molar refractivity (Wildman–Crippen MR) is 304 cm³/mol. The summed E-state index contributed by atoms with van der Waals surface area (Å²) in [6.45, 7) is 4.28. The molecule has 0 aliphatic carbocycles. The molecule has 0 radical (unpaired) electrons. The summed E-state index contributed by atoms with van der Waals surface area (Å²) in [7, 11) is 0. The number of carbonyl (C=O) groups excluding carboxylic acids is 1. The van der Waals surface area contributed by atoms with E-state index in [2.05, 4.69) is 67.8 Å². The lowest BCUT2D eigenvalue weighted by molar-refractivity contribution is -0.123. The largest absolute Gasteiger partial charge is 0.394 e. The van der Waals surface area contributed by atoms with Crippen LogP contribution >= 0.6 is 0 Å². The zero-order valence-corrected chi connectivity index (χ0v) is 46.1. The number of rotatable bonds is 57. The van der Waals surface area contributed by atoms with Gasteiger partial charge in [0.15, 0.2) is 0 Å². The van der Waals surface area contributed by atoms with Crippen LogP contribution in [0.3, 0.4) is 0 Å². The molecule has 400 valence electrons. The van der Waals surface area contributed by atoms with Crippen molar-refractivity contribution >= 4 is 5.91 Å². The number of hydrogen-bond acceptors (Lipinski definition) is 3. The molecule has 0 rings (SSSR count). The van der Waals surface area contributed by atoms with E-state index < -0.39 is 12.1 Å². The van der Waals surface area contributed by atoms with E-state index >= 15 is 0 Å². The highest BCUT2D eigenvalue weighted by Crippen LogP contribution is 2.18. The molecule has 0 spiro atoms. The minimum Gasteiger partial charge on any atom is -0.394 e. The van der Waals surface area contributed by atoms with E-state index in [0.717, 1.165) is 51.4 Å². The molecule has 4 heteroatoms. The Balaban J connectivity index is 3.37. The van der Waals surface area contributed by atoms with Gasteiger partial charge in [-0.15, -0.1) is 0 Å². The second-order valence-corrected chi connectivity index (χ2v) is 21.1. The first-order valence-electron chi connectivity index (χ1n) is 30.8. The van der Waals surface area contributed by atoms with Crippen LogP contribution < -0.4 is 5.32 Å². The minimum atomic E-state index is -0.658. The smallest absolute Gasteiger partial charge is 0.220 e. The lowest BCUT2D eigenvalue weighted by Crippen LogP contribution is -2.45. The van der Waals surface area contributed by atoms with Crippen LogP contribution in [0, 0.1) is 0 Å². The minimum absolute atomic E-state index is 0.0246. The van der Waals surface area contributed by atoms with Gasteiger partial charge < -0.3 is 15.5 Å². The second kappa shape index (κ2) is 59.7. The van der Waals surface area contributed by atoms with Gasteiger partial charge in [0.05, 0.1) is 18.8 Å². The van der Waals surface area contributed by atoms with Gasteiger partial charge in [-0.1, -0.05) is 326 Å². The van der Waals surface area contributed by atoms with Crippen molar-refractivity contribution in [2.45, 2.75) is 347 Å². The second-order valence-electron chi connectivity index (χ2n) is 21.1. The Morgan fingerprint density at radius 2 is 0.647 bits per heavy atom. The topological polar surface area (TPSA) is 69.6 Å². The molecule has 2 unspecified atom stereocenters. The Morgan fingerprint density at radius 1 is 0.368 bits per heavy atom. The maximum Gasteiger partial charge on any atom is 0.220 e. The van der Waals surface area contributed by atoms with E-state index in [1.165, 1.54) is 257 Å². The summed E-state index contributed by atoms with van der Waals surface area (Å²) >= 11 is 0. The molecule has 0 aromatic heterocycles. The van der Waals surface area contributed by atoms with Crippen molar-refractivity contribution in [2.75, 3.05) is 6.61 Å². The molecule has 1 amide bonds. The summed E-state index contributed by atoms with van der Waals surface area (Å²) < 4.78 is 0. The monoisotopic (exact) mass is 952 g/mol. The SMILES string of the molecule is CC/C=C\C/C=C\C/C=C\C/C=C\CCCCCCCCCCCCCCCCCCCCCCCCCCCCC(=O)NC(CO)C(O)CCCCCCCCCCCCCCCCCCC. The van der Waals surface area contributed by atoms with Crippen LogP contribution in [-0.2, 0) is 4.79 Å². The Bertz CT molecular complexity index is 1080. The normalized spacial score (nSPS) is 13.1. The fourth-order valence-electron chi connectivity index (χ4n) is 9.71. The highest BCUT2D eigenvalue weighted by Gasteiger charge is 2.20. The molecular weight excluding hydrogens is 831 g/mol. The molecule has 0 fully saturated rings. The molecule has 0 saturated heterocycles. The zero-order chi connectivity index (χ0) is 49.2. The molecular formula is C64H121NO3. The van der Waals surface area contributed by atoms with Gasteiger partial charge in [-0.25, -0.2) is 0 Å². The van der Waals surface area contributed by atoms with E-state index in [9.17, 15) is 15.0 Å². The summed E-state index contributed by atoms with van der Waals surface area (Å²) in [5, 5.41) is 23.3. The molecule has 0 aliphatic heterocycles. The van der Waals surface area contributed by atoms with E-state index in [1.54, 1.807) is 0 Å². The van der Waals surface area contributed by atoms with E-state index in [1.807, 2.05) is 0 Å². The Morgan fingerprint density at radius 3 is 0.971 bits per heavy atom. The summed E-state index contributed by atoms with van der Waals surface area (Å²) in [6.07, 6.45) is 82.8. The number of aliphatic hydroxyl groups excluding tert-OH is 2. The van der Waals surface area contributed by atoms with Gasteiger partial charge >= 0.3 is 0 Å². The average molecular weight is 953 g/mol. The van der Waals surface area contributed by atoms with E-state index in [0.29, 0.717) is 12.8 Å². The lowest BCUT2D eigenvalue weighted by atomic mass is 10.0. The Hall–Kier alpha value is -1.65. The van der Waals surface area contributed by atoms with Crippen molar-refractivity contribution in [1.29, 1.82) is 0 Å². The number of nitrogens with one attached hydrogen (secondary N) is 1. The van der Waals surface area contributed by atoms with Crippen molar-refractivity contribution in [3.05, 3.63) is 48.6 Å². The number of amides is 1. The van der Waals surface area contributed by atoms with Gasteiger partial charge in [-0.3, -0.25) is 4.79 Å². The van der Waals surface area contributed by atoms with Crippen molar-refractivity contribution < 1.29 is 15.0 Å². The molecule has 3 N–H and O–H groups in total. The number of unbranched alkanes of at least 4 members (excludes halogenated alkanes) is 42. The van der Waals surface area contributed by atoms with Crippen LogP contribution in [0.25, 0.3) is 0 Å². The van der Waals surface area contributed by atoms with E-state index in [-0.39, 0.29) is 12.5 Å². The highest BCUT2D eigenvalue weighted by atomic mass is 16.3. The highest BCUT2D eigenvalue weighted by molar-refractivity contribution is 5.76. The molecule has 0 aromatic carbocycles. The summed E-state index contributed by atoms with van der Waals surface area (Å²) in [5.41, 5.74) is 0. The van der Waals surface area contributed by atoms with Crippen molar-refractivity contribution in [2.24, 2.45) is 0 Å². The summed E-state index contributed by atoms with van der Waals surface area (Å²) in [4.78, 5) is 12.5.